The van der Waals surface area contributed by atoms with Crippen LogP contribution in [-0.2, 0) is 6.54 Å². The topological polar surface area (TPSA) is 99.3 Å². The molecule has 0 radical (unpaired) electrons. The maximum absolute atomic E-state index is 16.1. The molecule has 0 aromatic carbocycles. The first kappa shape index (κ1) is 22.2. The van der Waals surface area contributed by atoms with E-state index in [1.54, 1.807) is 29.9 Å². The van der Waals surface area contributed by atoms with Crippen LogP contribution in [0.2, 0.25) is 0 Å². The number of halogens is 1. The minimum Gasteiger partial charge on any atom is -0.335 e. The van der Waals surface area contributed by atoms with E-state index in [2.05, 4.69) is 59.1 Å². The van der Waals surface area contributed by atoms with Crippen molar-refractivity contribution >= 4 is 33.4 Å². The zero-order valence-corrected chi connectivity index (χ0v) is 20.9. The first-order chi connectivity index (χ1) is 18.1. The number of fused-ring (bicyclic) bond motifs is 2. The molecule has 1 fully saturated rings. The third-order valence-electron chi connectivity index (χ3n) is 6.84. The Hall–Kier alpha value is -4.02. The molecule has 0 unspecified atom stereocenters. The van der Waals surface area contributed by atoms with Crippen molar-refractivity contribution in [3.05, 3.63) is 65.3 Å². The Balaban J connectivity index is 1.31. The molecule has 0 aliphatic carbocycles. The lowest BCUT2D eigenvalue weighted by Gasteiger charge is -2.14. The molecular weight excluding hydrogens is 487 g/mol. The molecule has 1 aliphatic heterocycles. The maximum Gasteiger partial charge on any atom is 0.178 e. The monoisotopic (exact) mass is 510 g/mol. The molecule has 7 heterocycles. The number of likely N-dealkylation sites (tertiary alicyclic amines) is 1. The summed E-state index contributed by atoms with van der Waals surface area (Å²) in [6.07, 6.45) is 9.29. The van der Waals surface area contributed by atoms with E-state index in [0.29, 0.717) is 33.6 Å². The molecule has 2 N–H and O–H groups in total. The molecule has 0 bridgehead atoms. The van der Waals surface area contributed by atoms with E-state index in [0.717, 1.165) is 41.2 Å². The van der Waals surface area contributed by atoms with Crippen molar-refractivity contribution in [3.8, 4) is 33.2 Å². The Morgan fingerprint density at radius 2 is 1.95 bits per heavy atom. The molecule has 8 nitrogen and oxygen atoms in total. The van der Waals surface area contributed by atoms with Crippen molar-refractivity contribution in [2.24, 2.45) is 0 Å². The highest BCUT2D eigenvalue weighted by Crippen LogP contribution is 2.35. The molecule has 7 rings (SSSR count). The average molecular weight is 511 g/mol. The van der Waals surface area contributed by atoms with Crippen LogP contribution in [0.25, 0.3) is 55.3 Å². The van der Waals surface area contributed by atoms with E-state index < -0.39 is 5.82 Å². The Bertz CT molecular complexity index is 1760. The number of imidazole rings is 1. The quantitative estimate of drug-likeness (QED) is 0.307. The van der Waals surface area contributed by atoms with E-state index in [1.165, 1.54) is 17.7 Å². The molecule has 6 aromatic heterocycles. The first-order valence-corrected chi connectivity index (χ1v) is 13.1. The molecule has 37 heavy (non-hydrogen) atoms. The van der Waals surface area contributed by atoms with Gasteiger partial charge in [0.2, 0.25) is 0 Å². The molecule has 10 heteroatoms. The molecule has 184 valence electrons. The summed E-state index contributed by atoms with van der Waals surface area (Å²) in [6, 6.07) is 8.11. The van der Waals surface area contributed by atoms with Gasteiger partial charge in [-0.25, -0.2) is 14.4 Å². The predicted molar refractivity (Wildman–Crippen MR) is 143 cm³/mol. The third kappa shape index (κ3) is 3.89. The van der Waals surface area contributed by atoms with Crippen molar-refractivity contribution in [3.63, 3.8) is 0 Å². The van der Waals surface area contributed by atoms with Gasteiger partial charge in [-0.05, 0) is 62.7 Å². The number of nitrogens with zero attached hydrogens (tertiary/aromatic N) is 6. The fourth-order valence-electron chi connectivity index (χ4n) is 5.06. The Morgan fingerprint density at radius 1 is 1.05 bits per heavy atom. The number of thiophene rings is 1. The fraction of sp³-hybridized carbons (Fsp3) is 0.222. The van der Waals surface area contributed by atoms with Crippen LogP contribution in [0.4, 0.5) is 4.39 Å². The van der Waals surface area contributed by atoms with Gasteiger partial charge in [0.15, 0.2) is 17.3 Å². The Labute approximate surface area is 215 Å². The van der Waals surface area contributed by atoms with Gasteiger partial charge < -0.3 is 4.98 Å². The molecule has 0 amide bonds. The second kappa shape index (κ2) is 8.82. The van der Waals surface area contributed by atoms with E-state index in [9.17, 15) is 0 Å². The number of nitrogens with one attached hydrogen (secondary N) is 2. The summed E-state index contributed by atoms with van der Waals surface area (Å²) in [5.41, 5.74) is 5.19. The summed E-state index contributed by atoms with van der Waals surface area (Å²) in [5, 5.41) is 7.65. The number of hydrogen-bond acceptors (Lipinski definition) is 7. The van der Waals surface area contributed by atoms with E-state index in [-0.39, 0.29) is 5.69 Å². The number of hydrogen-bond donors (Lipinski definition) is 2. The maximum atomic E-state index is 16.1. The van der Waals surface area contributed by atoms with Gasteiger partial charge in [-0.2, -0.15) is 5.10 Å². The molecular formula is C27H23FN8S. The second-order valence-corrected chi connectivity index (χ2v) is 10.7. The van der Waals surface area contributed by atoms with Crippen molar-refractivity contribution in [1.82, 2.24) is 40.0 Å². The minimum atomic E-state index is -0.455. The Morgan fingerprint density at radius 3 is 2.78 bits per heavy atom. The van der Waals surface area contributed by atoms with Crippen LogP contribution in [-0.4, -0.2) is 53.1 Å². The summed E-state index contributed by atoms with van der Waals surface area (Å²) in [6.45, 7) is 5.05. The highest BCUT2D eigenvalue weighted by atomic mass is 32.1. The smallest absolute Gasteiger partial charge is 0.178 e. The highest BCUT2D eigenvalue weighted by Gasteiger charge is 2.22. The standard InChI is InChI=1S/C27H23FN8S/c1-15-4-5-20(37-15)18-6-7-30-26-24(18)32-27(33-26)25-21-19(34-35-25)13-31-23(22(21)28)17-10-16(11-29-12-17)14-36-8-2-3-9-36/h4-7,10-13H,2-3,8-9,14H2,1H3,(H,34,35)(H,30,32,33). The van der Waals surface area contributed by atoms with Crippen LogP contribution in [0.3, 0.4) is 0 Å². The van der Waals surface area contributed by atoms with Gasteiger partial charge >= 0.3 is 0 Å². The van der Waals surface area contributed by atoms with Crippen LogP contribution in [0.5, 0.6) is 0 Å². The molecule has 0 saturated carbocycles. The molecule has 6 aromatic rings. The lowest BCUT2D eigenvalue weighted by atomic mass is 10.1. The lowest BCUT2D eigenvalue weighted by molar-refractivity contribution is 0.331. The van der Waals surface area contributed by atoms with Crippen LogP contribution in [0, 0.1) is 12.7 Å². The number of H-pyrrole nitrogens is 2. The Kier molecular flexibility index (Phi) is 5.29. The van der Waals surface area contributed by atoms with Crippen molar-refractivity contribution in [2.75, 3.05) is 13.1 Å². The molecule has 0 spiro atoms. The van der Waals surface area contributed by atoms with Crippen LogP contribution in [0.1, 0.15) is 23.3 Å². The summed E-state index contributed by atoms with van der Waals surface area (Å²) < 4.78 is 16.1. The summed E-state index contributed by atoms with van der Waals surface area (Å²) in [7, 11) is 0. The van der Waals surface area contributed by atoms with Gasteiger partial charge in [-0.15, -0.1) is 11.3 Å². The minimum absolute atomic E-state index is 0.245. The zero-order chi connectivity index (χ0) is 24.9. The number of aryl methyl sites for hydroxylation is 1. The molecule has 1 saturated heterocycles. The van der Waals surface area contributed by atoms with E-state index in [4.69, 9.17) is 0 Å². The summed E-state index contributed by atoms with van der Waals surface area (Å²) >= 11 is 1.70. The van der Waals surface area contributed by atoms with Gasteiger partial charge in [-0.3, -0.25) is 20.0 Å². The van der Waals surface area contributed by atoms with Gasteiger partial charge in [-0.1, -0.05) is 0 Å². The summed E-state index contributed by atoms with van der Waals surface area (Å²) in [5.74, 6) is -0.00432. The average Bonchev–Trinajstić information content (AvgIpc) is 3.70. The van der Waals surface area contributed by atoms with Crippen LogP contribution >= 0.6 is 11.3 Å². The third-order valence-corrected chi connectivity index (χ3v) is 7.87. The van der Waals surface area contributed by atoms with Crippen molar-refractivity contribution in [2.45, 2.75) is 26.3 Å². The van der Waals surface area contributed by atoms with Gasteiger partial charge in [0, 0.05) is 46.0 Å². The number of rotatable bonds is 5. The normalized spacial score (nSPS) is 14.3. The van der Waals surface area contributed by atoms with E-state index >= 15 is 4.39 Å². The number of aromatic nitrogens is 7. The number of aromatic amines is 2. The van der Waals surface area contributed by atoms with Crippen LogP contribution in [0.15, 0.2) is 49.1 Å². The van der Waals surface area contributed by atoms with Gasteiger partial charge in [0.25, 0.3) is 0 Å². The van der Waals surface area contributed by atoms with E-state index in [1.807, 2.05) is 18.3 Å². The van der Waals surface area contributed by atoms with Gasteiger partial charge in [0.05, 0.1) is 22.6 Å². The first-order valence-electron chi connectivity index (χ1n) is 12.2. The van der Waals surface area contributed by atoms with Crippen molar-refractivity contribution < 1.29 is 4.39 Å². The van der Waals surface area contributed by atoms with Gasteiger partial charge in [0.1, 0.15) is 11.4 Å². The van der Waals surface area contributed by atoms with Crippen LogP contribution < -0.4 is 0 Å². The predicted octanol–water partition coefficient (Wildman–Crippen LogP) is 5.73. The summed E-state index contributed by atoms with van der Waals surface area (Å²) in [4.78, 5) is 26.0. The largest absolute Gasteiger partial charge is 0.335 e. The second-order valence-electron chi connectivity index (χ2n) is 9.40. The molecule has 0 atom stereocenters. The zero-order valence-electron chi connectivity index (χ0n) is 20.1. The van der Waals surface area contributed by atoms with Crippen molar-refractivity contribution in [1.29, 1.82) is 0 Å². The molecule has 1 aliphatic rings. The number of pyridine rings is 3. The SMILES string of the molecule is Cc1ccc(-c2ccnc3nc(-c4n[nH]c5cnc(-c6cncc(CN7CCCC7)c6)c(F)c45)[nH]c23)s1. The lowest BCUT2D eigenvalue weighted by Crippen LogP contribution is -2.18. The highest BCUT2D eigenvalue weighted by molar-refractivity contribution is 7.15. The fourth-order valence-corrected chi connectivity index (χ4v) is 5.96.